The molecule has 0 fully saturated rings. The van der Waals surface area contributed by atoms with Crippen LogP contribution in [-0.2, 0) is 20.9 Å². The van der Waals surface area contributed by atoms with Gasteiger partial charge in [0.1, 0.15) is 12.3 Å². The number of carbonyl (C=O) groups is 2. The third-order valence-electron chi connectivity index (χ3n) is 3.42. The second kappa shape index (κ2) is 5.81. The molecule has 2 N–H and O–H groups in total. The molecule has 0 saturated carbocycles. The molecule has 0 atom stereocenters. The number of esters is 1. The van der Waals surface area contributed by atoms with Gasteiger partial charge in [0, 0.05) is 5.39 Å². The standard InChI is InChI=1S/C15H13N3O4S/c1-2-22-10(19)7-18-9-6-4-3-5-8(9)11(14(18)21)12-13(20)17-15(23)16-12/h3-6,21H,2,7H2,1H3,(H,17,20,23). The Balaban J connectivity index is 2.18. The highest BCUT2D eigenvalue weighted by Gasteiger charge is 2.30. The molecular formula is C15H13N3O4S. The summed E-state index contributed by atoms with van der Waals surface area (Å²) in [7, 11) is 0. The second-order valence-electron chi connectivity index (χ2n) is 4.83. The van der Waals surface area contributed by atoms with Gasteiger partial charge in [0.2, 0.25) is 11.0 Å². The van der Waals surface area contributed by atoms with Crippen molar-refractivity contribution < 1.29 is 19.4 Å². The molecule has 0 spiro atoms. The van der Waals surface area contributed by atoms with Crippen molar-refractivity contribution in [1.29, 1.82) is 0 Å². The van der Waals surface area contributed by atoms with Crippen molar-refractivity contribution in [3.8, 4) is 5.88 Å². The van der Waals surface area contributed by atoms with E-state index in [0.29, 0.717) is 10.9 Å². The van der Waals surface area contributed by atoms with E-state index < -0.39 is 11.9 Å². The van der Waals surface area contributed by atoms with E-state index in [9.17, 15) is 14.7 Å². The number of benzene rings is 1. The Morgan fingerprint density at radius 1 is 1.43 bits per heavy atom. The average molecular weight is 331 g/mol. The van der Waals surface area contributed by atoms with Crippen LogP contribution in [0.25, 0.3) is 10.9 Å². The molecule has 1 aromatic heterocycles. The van der Waals surface area contributed by atoms with E-state index in [0.717, 1.165) is 0 Å². The van der Waals surface area contributed by atoms with Gasteiger partial charge in [-0.2, -0.15) is 0 Å². The molecule has 1 aliphatic heterocycles. The first-order valence-electron chi connectivity index (χ1n) is 6.93. The lowest BCUT2D eigenvalue weighted by atomic mass is 10.1. The van der Waals surface area contributed by atoms with Gasteiger partial charge in [-0.15, -0.1) is 0 Å². The smallest absolute Gasteiger partial charge is 0.326 e. The summed E-state index contributed by atoms with van der Waals surface area (Å²) in [6.07, 6.45) is 0. The summed E-state index contributed by atoms with van der Waals surface area (Å²) >= 11 is 4.87. The Morgan fingerprint density at radius 3 is 2.83 bits per heavy atom. The van der Waals surface area contributed by atoms with Gasteiger partial charge in [0.05, 0.1) is 17.7 Å². The Hall–Kier alpha value is -2.74. The van der Waals surface area contributed by atoms with E-state index in [1.165, 1.54) is 4.57 Å². The van der Waals surface area contributed by atoms with E-state index in [4.69, 9.17) is 17.0 Å². The minimum atomic E-state index is -0.483. The first-order valence-corrected chi connectivity index (χ1v) is 7.34. The van der Waals surface area contributed by atoms with Crippen LogP contribution < -0.4 is 5.32 Å². The van der Waals surface area contributed by atoms with Crippen LogP contribution in [-0.4, -0.2) is 39.0 Å². The number of amides is 1. The number of carbonyl (C=O) groups excluding carboxylic acids is 2. The summed E-state index contributed by atoms with van der Waals surface area (Å²) in [6, 6.07) is 7.02. The lowest BCUT2D eigenvalue weighted by Crippen LogP contribution is -2.25. The number of para-hydroxylation sites is 1. The topological polar surface area (TPSA) is 92.9 Å². The monoisotopic (exact) mass is 331 g/mol. The molecule has 0 unspecified atom stereocenters. The normalized spacial score (nSPS) is 14.0. The fourth-order valence-corrected chi connectivity index (χ4v) is 2.71. The highest BCUT2D eigenvalue weighted by Crippen LogP contribution is 2.32. The molecular weight excluding hydrogens is 318 g/mol. The lowest BCUT2D eigenvalue weighted by Gasteiger charge is -2.06. The van der Waals surface area contributed by atoms with E-state index in [1.807, 2.05) is 0 Å². The van der Waals surface area contributed by atoms with Crippen molar-refractivity contribution in [2.75, 3.05) is 6.61 Å². The highest BCUT2D eigenvalue weighted by molar-refractivity contribution is 7.80. The number of aromatic hydroxyl groups is 1. The molecule has 0 saturated heterocycles. The Morgan fingerprint density at radius 2 is 2.17 bits per heavy atom. The number of hydrogen-bond acceptors (Lipinski definition) is 5. The summed E-state index contributed by atoms with van der Waals surface area (Å²) in [6.45, 7) is 1.78. The van der Waals surface area contributed by atoms with Crippen LogP contribution in [0.1, 0.15) is 12.5 Å². The van der Waals surface area contributed by atoms with Crippen LogP contribution in [0.3, 0.4) is 0 Å². The maximum absolute atomic E-state index is 12.0. The zero-order chi connectivity index (χ0) is 16.6. The fraction of sp³-hybridized carbons (Fsp3) is 0.200. The van der Waals surface area contributed by atoms with Crippen LogP contribution >= 0.6 is 12.2 Å². The number of nitrogens with zero attached hydrogens (tertiary/aromatic N) is 2. The minimum Gasteiger partial charge on any atom is -0.494 e. The summed E-state index contributed by atoms with van der Waals surface area (Å²) in [5.74, 6) is -1.19. The van der Waals surface area contributed by atoms with Crippen molar-refractivity contribution >= 4 is 45.8 Å². The van der Waals surface area contributed by atoms with E-state index >= 15 is 0 Å². The number of rotatable bonds is 4. The van der Waals surface area contributed by atoms with Gasteiger partial charge < -0.3 is 14.4 Å². The van der Waals surface area contributed by atoms with Crippen LogP contribution in [0.5, 0.6) is 5.88 Å². The van der Waals surface area contributed by atoms with Crippen molar-refractivity contribution in [1.82, 2.24) is 9.88 Å². The Labute approximate surface area is 136 Å². The highest BCUT2D eigenvalue weighted by atomic mass is 32.1. The van der Waals surface area contributed by atoms with Gasteiger partial charge in [-0.05, 0) is 25.2 Å². The number of ether oxygens (including phenoxy) is 1. The lowest BCUT2D eigenvalue weighted by molar-refractivity contribution is -0.143. The van der Waals surface area contributed by atoms with Gasteiger partial charge in [-0.1, -0.05) is 18.2 Å². The van der Waals surface area contributed by atoms with Gasteiger partial charge in [0.15, 0.2) is 0 Å². The molecule has 8 heteroatoms. The molecule has 0 bridgehead atoms. The molecule has 3 rings (SSSR count). The van der Waals surface area contributed by atoms with Crippen LogP contribution in [0.15, 0.2) is 29.3 Å². The van der Waals surface area contributed by atoms with E-state index in [1.54, 1.807) is 31.2 Å². The Kier molecular flexibility index (Phi) is 3.83. The predicted molar refractivity (Wildman–Crippen MR) is 87.5 cm³/mol. The van der Waals surface area contributed by atoms with Crippen molar-refractivity contribution in [3.63, 3.8) is 0 Å². The summed E-state index contributed by atoms with van der Waals surface area (Å²) in [5.41, 5.74) is 0.884. The zero-order valence-electron chi connectivity index (χ0n) is 12.2. The Bertz CT molecular complexity index is 869. The third-order valence-corrected chi connectivity index (χ3v) is 3.62. The third kappa shape index (κ3) is 2.57. The maximum Gasteiger partial charge on any atom is 0.326 e. The van der Waals surface area contributed by atoms with Crippen LogP contribution in [0.2, 0.25) is 0 Å². The molecule has 2 heterocycles. The summed E-state index contributed by atoms with van der Waals surface area (Å²) < 4.78 is 6.31. The van der Waals surface area contributed by atoms with Crippen LogP contribution in [0, 0.1) is 0 Å². The maximum atomic E-state index is 12.0. The molecule has 1 aliphatic rings. The molecule has 1 aromatic carbocycles. The first kappa shape index (κ1) is 15.2. The molecule has 0 aliphatic carbocycles. The summed E-state index contributed by atoms with van der Waals surface area (Å²) in [5, 5.41) is 13.6. The van der Waals surface area contributed by atoms with Crippen molar-refractivity contribution in [2.24, 2.45) is 4.99 Å². The quantitative estimate of drug-likeness (QED) is 0.647. The number of aliphatic imine (C=N–C) groups is 1. The number of fused-ring (bicyclic) bond motifs is 1. The van der Waals surface area contributed by atoms with Gasteiger partial charge in [0.25, 0.3) is 5.91 Å². The van der Waals surface area contributed by atoms with Gasteiger partial charge >= 0.3 is 5.97 Å². The largest absolute Gasteiger partial charge is 0.494 e. The molecule has 7 nitrogen and oxygen atoms in total. The first-order chi connectivity index (χ1) is 11.0. The predicted octanol–water partition coefficient (Wildman–Crippen LogP) is 1.11. The average Bonchev–Trinajstić information content (AvgIpc) is 2.97. The number of hydrogen-bond donors (Lipinski definition) is 2. The molecule has 0 radical (unpaired) electrons. The molecule has 23 heavy (non-hydrogen) atoms. The van der Waals surface area contributed by atoms with Crippen LogP contribution in [0.4, 0.5) is 0 Å². The van der Waals surface area contributed by atoms with Crippen molar-refractivity contribution in [3.05, 3.63) is 29.8 Å². The van der Waals surface area contributed by atoms with E-state index in [2.05, 4.69) is 10.3 Å². The molecule has 2 aromatic rings. The molecule has 118 valence electrons. The van der Waals surface area contributed by atoms with Gasteiger partial charge in [-0.25, -0.2) is 4.99 Å². The number of aromatic nitrogens is 1. The minimum absolute atomic E-state index is 0.0336. The van der Waals surface area contributed by atoms with E-state index in [-0.39, 0.29) is 35.4 Å². The summed E-state index contributed by atoms with van der Waals surface area (Å²) in [4.78, 5) is 27.7. The van der Waals surface area contributed by atoms with Gasteiger partial charge in [-0.3, -0.25) is 14.9 Å². The fourth-order valence-electron chi connectivity index (χ4n) is 2.53. The number of nitrogens with one attached hydrogen (secondary N) is 1. The molecule has 1 amide bonds. The zero-order valence-corrected chi connectivity index (χ0v) is 13.0. The SMILES string of the molecule is CCOC(=O)Cn1c(O)c(C2=NC(=S)NC2=O)c2ccccc21. The number of thiocarbonyl (C=S) groups is 1. The second-order valence-corrected chi connectivity index (χ2v) is 5.21. The van der Waals surface area contributed by atoms with Crippen molar-refractivity contribution in [2.45, 2.75) is 13.5 Å².